The summed E-state index contributed by atoms with van der Waals surface area (Å²) in [6.45, 7) is 7.10. The van der Waals surface area contributed by atoms with Crippen LogP contribution in [0.4, 0.5) is 5.13 Å². The molecule has 1 N–H and O–H groups in total. The normalized spacial score (nSPS) is 10.8. The predicted molar refractivity (Wildman–Crippen MR) is 98.0 cm³/mol. The van der Waals surface area contributed by atoms with Crippen LogP contribution in [0, 0.1) is 0 Å². The largest absolute Gasteiger partial charge is 0.494 e. The zero-order chi connectivity index (χ0) is 17.4. The monoisotopic (exact) mass is 347 g/mol. The van der Waals surface area contributed by atoms with E-state index in [0.717, 1.165) is 36.4 Å². The van der Waals surface area contributed by atoms with Crippen LogP contribution in [-0.4, -0.2) is 22.7 Å². The first-order valence-electron chi connectivity index (χ1n) is 8.55. The molecule has 1 aromatic carbocycles. The van der Waals surface area contributed by atoms with Crippen molar-refractivity contribution in [2.45, 2.75) is 52.4 Å². The van der Waals surface area contributed by atoms with Gasteiger partial charge in [-0.25, -0.2) is 0 Å². The molecule has 6 heteroatoms. The maximum atomic E-state index is 12.3. The zero-order valence-electron chi connectivity index (χ0n) is 14.5. The van der Waals surface area contributed by atoms with Gasteiger partial charge in [-0.1, -0.05) is 38.5 Å². The minimum Gasteiger partial charge on any atom is -0.494 e. The topological polar surface area (TPSA) is 64.1 Å². The second-order valence-electron chi connectivity index (χ2n) is 5.64. The zero-order valence-corrected chi connectivity index (χ0v) is 15.4. The molecule has 0 saturated heterocycles. The minimum atomic E-state index is -0.178. The third-order valence-corrected chi connectivity index (χ3v) is 4.88. The molecule has 2 aromatic rings. The van der Waals surface area contributed by atoms with Gasteiger partial charge in [-0.15, -0.1) is 10.2 Å². The van der Waals surface area contributed by atoms with Gasteiger partial charge in [-0.05, 0) is 43.5 Å². The summed E-state index contributed by atoms with van der Waals surface area (Å²) < 4.78 is 5.60. The number of hydrogen-bond acceptors (Lipinski definition) is 5. The Kier molecular flexibility index (Phi) is 7.18. The van der Waals surface area contributed by atoms with Crippen LogP contribution in [0.1, 0.15) is 67.7 Å². The molecule has 0 bridgehead atoms. The van der Waals surface area contributed by atoms with Gasteiger partial charge in [0.15, 0.2) is 0 Å². The fourth-order valence-electron chi connectivity index (χ4n) is 2.29. The number of anilines is 1. The molecule has 0 aliphatic heterocycles. The quantitative estimate of drug-likeness (QED) is 0.657. The van der Waals surface area contributed by atoms with E-state index in [4.69, 9.17) is 4.74 Å². The Hall–Kier alpha value is -1.95. The second-order valence-corrected chi connectivity index (χ2v) is 6.65. The number of amides is 1. The van der Waals surface area contributed by atoms with Crippen LogP contribution in [0.15, 0.2) is 24.3 Å². The molecule has 1 heterocycles. The molecule has 2 rings (SSSR count). The van der Waals surface area contributed by atoms with Gasteiger partial charge < -0.3 is 4.74 Å². The Labute approximate surface area is 147 Å². The summed E-state index contributed by atoms with van der Waals surface area (Å²) in [5.41, 5.74) is 0.581. The third-order valence-electron chi connectivity index (χ3n) is 3.88. The Balaban J connectivity index is 1.94. The van der Waals surface area contributed by atoms with Crippen LogP contribution < -0.4 is 10.1 Å². The Bertz CT molecular complexity index is 636. The van der Waals surface area contributed by atoms with Crippen LogP contribution in [0.2, 0.25) is 0 Å². The highest BCUT2D eigenvalue weighted by molar-refractivity contribution is 7.15. The van der Waals surface area contributed by atoms with E-state index >= 15 is 0 Å². The standard InChI is InChI=1S/C18H25N3O2S/c1-4-7-12-23-15-10-8-14(9-11-15)16(22)19-18-21-20-17(24-18)13(5-2)6-3/h8-11,13H,4-7,12H2,1-3H3,(H,19,21,22). The summed E-state index contributed by atoms with van der Waals surface area (Å²) in [5, 5.41) is 12.6. The number of nitrogens with one attached hydrogen (secondary N) is 1. The fourth-order valence-corrected chi connectivity index (χ4v) is 3.30. The lowest BCUT2D eigenvalue weighted by Gasteiger charge is -2.06. The fraction of sp³-hybridized carbons (Fsp3) is 0.500. The number of carbonyl (C=O) groups excluding carboxylic acids is 1. The van der Waals surface area contributed by atoms with Crippen molar-refractivity contribution in [2.75, 3.05) is 11.9 Å². The molecule has 0 fully saturated rings. The number of unbranched alkanes of at least 4 members (excludes halogenated alkanes) is 1. The van der Waals surface area contributed by atoms with Crippen molar-refractivity contribution < 1.29 is 9.53 Å². The van der Waals surface area contributed by atoms with E-state index in [1.165, 1.54) is 11.3 Å². The van der Waals surface area contributed by atoms with Gasteiger partial charge in [-0.3, -0.25) is 10.1 Å². The van der Waals surface area contributed by atoms with Gasteiger partial charge >= 0.3 is 0 Å². The summed E-state index contributed by atoms with van der Waals surface area (Å²) in [4.78, 5) is 12.3. The second kappa shape index (κ2) is 9.37. The summed E-state index contributed by atoms with van der Waals surface area (Å²) >= 11 is 1.45. The number of ether oxygens (including phenoxy) is 1. The number of nitrogens with zero attached hydrogens (tertiary/aromatic N) is 2. The van der Waals surface area contributed by atoms with Crippen LogP contribution in [0.25, 0.3) is 0 Å². The predicted octanol–water partition coefficient (Wildman–Crippen LogP) is 4.87. The first-order chi connectivity index (χ1) is 11.7. The van der Waals surface area contributed by atoms with Gasteiger partial charge in [0.05, 0.1) is 6.61 Å². The van der Waals surface area contributed by atoms with Gasteiger partial charge in [0.2, 0.25) is 5.13 Å². The minimum absolute atomic E-state index is 0.178. The summed E-state index contributed by atoms with van der Waals surface area (Å²) in [7, 11) is 0. The average molecular weight is 347 g/mol. The molecule has 1 aromatic heterocycles. The number of carbonyl (C=O) groups is 1. The lowest BCUT2D eigenvalue weighted by Crippen LogP contribution is -2.11. The van der Waals surface area contributed by atoms with Crippen molar-refractivity contribution in [3.8, 4) is 5.75 Å². The molecular formula is C18H25N3O2S. The van der Waals surface area contributed by atoms with Crippen LogP contribution in [0.5, 0.6) is 5.75 Å². The van der Waals surface area contributed by atoms with Crippen LogP contribution in [0.3, 0.4) is 0 Å². The molecule has 0 saturated carbocycles. The van der Waals surface area contributed by atoms with Gasteiger partial charge in [-0.2, -0.15) is 0 Å². The van der Waals surface area contributed by atoms with Crippen LogP contribution in [-0.2, 0) is 0 Å². The van der Waals surface area contributed by atoms with Crippen LogP contribution >= 0.6 is 11.3 Å². The van der Waals surface area contributed by atoms with Crippen molar-refractivity contribution in [2.24, 2.45) is 0 Å². The highest BCUT2D eigenvalue weighted by Gasteiger charge is 2.15. The van der Waals surface area contributed by atoms with E-state index in [2.05, 4.69) is 36.3 Å². The van der Waals surface area contributed by atoms with Gasteiger partial charge in [0.1, 0.15) is 10.8 Å². The highest BCUT2D eigenvalue weighted by Crippen LogP contribution is 2.28. The lowest BCUT2D eigenvalue weighted by molar-refractivity contribution is 0.102. The highest BCUT2D eigenvalue weighted by atomic mass is 32.1. The maximum absolute atomic E-state index is 12.3. The molecule has 1 amide bonds. The Morgan fingerprint density at radius 2 is 1.88 bits per heavy atom. The van der Waals surface area contributed by atoms with Crippen molar-refractivity contribution in [3.63, 3.8) is 0 Å². The van der Waals surface area contributed by atoms with E-state index in [1.807, 2.05) is 12.1 Å². The number of benzene rings is 1. The van der Waals surface area contributed by atoms with Gasteiger partial charge in [0.25, 0.3) is 5.91 Å². The lowest BCUT2D eigenvalue weighted by atomic mass is 10.1. The smallest absolute Gasteiger partial charge is 0.257 e. The third kappa shape index (κ3) is 5.03. The Morgan fingerprint density at radius 3 is 2.50 bits per heavy atom. The Morgan fingerprint density at radius 1 is 1.17 bits per heavy atom. The van der Waals surface area contributed by atoms with E-state index in [9.17, 15) is 4.79 Å². The van der Waals surface area contributed by atoms with Crippen molar-refractivity contribution in [1.29, 1.82) is 0 Å². The maximum Gasteiger partial charge on any atom is 0.257 e. The van der Waals surface area contributed by atoms with E-state index < -0.39 is 0 Å². The number of aromatic nitrogens is 2. The van der Waals surface area contributed by atoms with E-state index in [-0.39, 0.29) is 5.91 Å². The molecular weight excluding hydrogens is 322 g/mol. The van der Waals surface area contributed by atoms with Crippen molar-refractivity contribution in [3.05, 3.63) is 34.8 Å². The molecule has 0 unspecified atom stereocenters. The number of hydrogen-bond donors (Lipinski definition) is 1. The average Bonchev–Trinajstić information content (AvgIpc) is 3.05. The first kappa shape index (κ1) is 18.4. The molecule has 0 aliphatic rings. The first-order valence-corrected chi connectivity index (χ1v) is 9.37. The van der Waals surface area contributed by atoms with E-state index in [1.54, 1.807) is 12.1 Å². The SMILES string of the molecule is CCCCOc1ccc(C(=O)Nc2nnc(C(CC)CC)s2)cc1. The number of rotatable bonds is 9. The molecule has 0 spiro atoms. The van der Waals surface area contributed by atoms with Gasteiger partial charge in [0, 0.05) is 11.5 Å². The summed E-state index contributed by atoms with van der Waals surface area (Å²) in [6, 6.07) is 7.17. The molecule has 130 valence electrons. The molecule has 0 aliphatic carbocycles. The molecule has 24 heavy (non-hydrogen) atoms. The summed E-state index contributed by atoms with van der Waals surface area (Å²) in [6.07, 6.45) is 4.18. The summed E-state index contributed by atoms with van der Waals surface area (Å²) in [5.74, 6) is 1.02. The van der Waals surface area contributed by atoms with E-state index in [0.29, 0.717) is 23.2 Å². The van der Waals surface area contributed by atoms with Crippen molar-refractivity contribution >= 4 is 22.4 Å². The molecule has 5 nitrogen and oxygen atoms in total. The molecule has 0 radical (unpaired) electrons. The van der Waals surface area contributed by atoms with Crippen molar-refractivity contribution in [1.82, 2.24) is 10.2 Å². The molecule has 0 atom stereocenters.